The van der Waals surface area contributed by atoms with E-state index in [4.69, 9.17) is 0 Å². The van der Waals surface area contributed by atoms with Crippen molar-refractivity contribution in [3.63, 3.8) is 0 Å². The number of aromatic nitrogens is 4. The Morgan fingerprint density at radius 1 is 1.47 bits per heavy atom. The van der Waals surface area contributed by atoms with Crippen molar-refractivity contribution in [1.29, 1.82) is 0 Å². The van der Waals surface area contributed by atoms with Gasteiger partial charge in [-0.3, -0.25) is 0 Å². The monoisotopic (exact) mass is 231 g/mol. The Morgan fingerprint density at radius 3 is 2.94 bits per heavy atom. The molecule has 0 spiro atoms. The van der Waals surface area contributed by atoms with Gasteiger partial charge in [-0.1, -0.05) is 16.9 Å². The highest BCUT2D eigenvalue weighted by Gasteiger charge is 2.11. The van der Waals surface area contributed by atoms with Crippen LogP contribution in [0.15, 0.2) is 24.3 Å². The molecule has 1 aromatic heterocycles. The van der Waals surface area contributed by atoms with Gasteiger partial charge in [0.05, 0.1) is 10.7 Å². The molecule has 0 bridgehead atoms. The molecule has 0 saturated carbocycles. The molecular formula is C12H15N4O+. The zero-order chi connectivity index (χ0) is 12.3. The van der Waals surface area contributed by atoms with Crippen LogP contribution in [0.25, 0.3) is 11.4 Å². The van der Waals surface area contributed by atoms with Crippen molar-refractivity contribution in [2.75, 3.05) is 0 Å². The fraction of sp³-hybridized carbons (Fsp3) is 0.333. The Bertz CT molecular complexity index is 533. The maximum Gasteiger partial charge on any atom is 0.338 e. The van der Waals surface area contributed by atoms with Gasteiger partial charge in [-0.2, -0.15) is 0 Å². The van der Waals surface area contributed by atoms with Gasteiger partial charge in [-0.05, 0) is 41.4 Å². The van der Waals surface area contributed by atoms with Crippen LogP contribution in [0.1, 0.15) is 18.9 Å². The zero-order valence-electron chi connectivity index (χ0n) is 9.97. The first-order valence-electron chi connectivity index (χ1n) is 5.52. The topological polar surface area (TPSA) is 62.5 Å². The molecule has 88 valence electrons. The molecule has 1 aromatic carbocycles. The van der Waals surface area contributed by atoms with E-state index in [1.807, 2.05) is 24.3 Å². The van der Waals surface area contributed by atoms with E-state index in [2.05, 4.69) is 15.4 Å². The van der Waals surface area contributed by atoms with E-state index < -0.39 is 0 Å². The maximum absolute atomic E-state index is 10.9. The zero-order valence-corrected chi connectivity index (χ0v) is 9.97. The van der Waals surface area contributed by atoms with Gasteiger partial charge in [0.1, 0.15) is 12.8 Å². The second kappa shape index (κ2) is 4.86. The second-order valence-corrected chi connectivity index (χ2v) is 4.06. The van der Waals surface area contributed by atoms with E-state index in [-0.39, 0.29) is 5.78 Å². The second-order valence-electron chi connectivity index (χ2n) is 4.06. The lowest BCUT2D eigenvalue weighted by Crippen LogP contribution is -2.33. The first-order valence-corrected chi connectivity index (χ1v) is 5.52. The molecule has 17 heavy (non-hydrogen) atoms. The van der Waals surface area contributed by atoms with E-state index in [1.165, 1.54) is 0 Å². The third-order valence-electron chi connectivity index (χ3n) is 2.50. The fourth-order valence-corrected chi connectivity index (χ4v) is 1.62. The predicted molar refractivity (Wildman–Crippen MR) is 62.0 cm³/mol. The lowest BCUT2D eigenvalue weighted by atomic mass is 10.1. The molecular weight excluding hydrogens is 216 g/mol. The maximum atomic E-state index is 10.9. The van der Waals surface area contributed by atoms with Gasteiger partial charge < -0.3 is 4.79 Å². The minimum Gasteiger partial charge on any atom is -0.300 e. The highest BCUT2D eigenvalue weighted by atomic mass is 16.1. The van der Waals surface area contributed by atoms with Crippen LogP contribution in [0.3, 0.4) is 0 Å². The van der Waals surface area contributed by atoms with Gasteiger partial charge in [0.15, 0.2) is 0 Å². The summed E-state index contributed by atoms with van der Waals surface area (Å²) in [5.74, 6) is 0.872. The summed E-state index contributed by atoms with van der Waals surface area (Å²) in [6.07, 6.45) is 1.34. The molecule has 0 aliphatic rings. The summed E-state index contributed by atoms with van der Waals surface area (Å²) in [4.78, 5) is 12.5. The number of ketones is 1. The molecule has 1 N–H and O–H groups in total. The number of aromatic amines is 1. The standard InChI is InChI=1S/C12H14N4O/c1-9(17)6-7-10-4-3-5-11(8-10)12-13-15-16(2)14-12/h3-5,8H,6-7H2,1-2H3/p+1. The normalized spacial score (nSPS) is 10.5. The molecule has 0 aliphatic heterocycles. The minimum absolute atomic E-state index is 0.208. The van der Waals surface area contributed by atoms with Crippen LogP contribution in [-0.4, -0.2) is 21.2 Å². The van der Waals surface area contributed by atoms with Gasteiger partial charge in [-0.15, -0.1) is 0 Å². The highest BCUT2D eigenvalue weighted by Crippen LogP contribution is 2.15. The number of nitrogens with zero attached hydrogens (tertiary/aromatic N) is 3. The van der Waals surface area contributed by atoms with Crippen molar-refractivity contribution in [3.8, 4) is 11.4 Å². The molecule has 1 heterocycles. The highest BCUT2D eigenvalue weighted by molar-refractivity contribution is 5.75. The van der Waals surface area contributed by atoms with Gasteiger partial charge in [0.2, 0.25) is 0 Å². The van der Waals surface area contributed by atoms with E-state index in [1.54, 1.807) is 18.8 Å². The lowest BCUT2D eigenvalue weighted by molar-refractivity contribution is -0.783. The average molecular weight is 231 g/mol. The van der Waals surface area contributed by atoms with Crippen LogP contribution in [0.2, 0.25) is 0 Å². The summed E-state index contributed by atoms with van der Waals surface area (Å²) in [5, 5.41) is 11.0. The largest absolute Gasteiger partial charge is 0.338 e. The molecule has 5 heteroatoms. The summed E-state index contributed by atoms with van der Waals surface area (Å²) < 4.78 is 0. The van der Waals surface area contributed by atoms with Crippen LogP contribution >= 0.6 is 0 Å². The molecule has 0 amide bonds. The first kappa shape index (κ1) is 11.4. The number of tetrazole rings is 1. The number of Topliss-reactive ketones (excluding diaryl/α,β-unsaturated/α-hetero) is 1. The third kappa shape index (κ3) is 2.96. The minimum atomic E-state index is 0.208. The van der Waals surface area contributed by atoms with Crippen LogP contribution in [-0.2, 0) is 18.3 Å². The fourth-order valence-electron chi connectivity index (χ4n) is 1.62. The van der Waals surface area contributed by atoms with Crippen LogP contribution in [0.4, 0.5) is 0 Å². The van der Waals surface area contributed by atoms with Crippen LogP contribution in [0.5, 0.6) is 0 Å². The molecule has 0 saturated heterocycles. The Morgan fingerprint density at radius 2 is 2.29 bits per heavy atom. The first-order chi connectivity index (χ1) is 8.15. The Labute approximate surface area is 99.5 Å². The summed E-state index contributed by atoms with van der Waals surface area (Å²) in [5.41, 5.74) is 2.09. The van der Waals surface area contributed by atoms with Crippen LogP contribution < -0.4 is 4.80 Å². The molecule has 0 aliphatic carbocycles. The Balaban J connectivity index is 2.19. The number of benzene rings is 1. The number of hydrogen-bond donors (Lipinski definition) is 1. The summed E-state index contributed by atoms with van der Waals surface area (Å²) in [6.45, 7) is 1.61. The van der Waals surface area contributed by atoms with Gasteiger partial charge >= 0.3 is 5.82 Å². The summed E-state index contributed by atoms with van der Waals surface area (Å²) in [7, 11) is 1.79. The third-order valence-corrected chi connectivity index (χ3v) is 2.50. The number of carbonyl (C=O) groups excluding carboxylic acids is 1. The smallest absolute Gasteiger partial charge is 0.300 e. The number of rotatable bonds is 4. The van der Waals surface area contributed by atoms with E-state index in [0.29, 0.717) is 12.2 Å². The van der Waals surface area contributed by atoms with E-state index >= 15 is 0 Å². The quantitative estimate of drug-likeness (QED) is 0.792. The molecule has 0 radical (unpaired) electrons. The average Bonchev–Trinajstić information content (AvgIpc) is 2.74. The van der Waals surface area contributed by atoms with Crippen LogP contribution in [0, 0.1) is 0 Å². The van der Waals surface area contributed by atoms with Crippen molar-refractivity contribution in [2.24, 2.45) is 7.05 Å². The predicted octanol–water partition coefficient (Wildman–Crippen LogP) is 0.818. The van der Waals surface area contributed by atoms with Crippen molar-refractivity contribution < 1.29 is 9.59 Å². The number of aryl methyl sites for hydroxylation is 2. The molecule has 5 nitrogen and oxygen atoms in total. The molecule has 0 fully saturated rings. The Kier molecular flexibility index (Phi) is 3.27. The van der Waals surface area contributed by atoms with E-state index in [9.17, 15) is 4.79 Å². The lowest BCUT2D eigenvalue weighted by Gasteiger charge is -1.99. The summed E-state index contributed by atoms with van der Waals surface area (Å²) in [6, 6.07) is 7.95. The molecule has 0 atom stereocenters. The van der Waals surface area contributed by atoms with E-state index in [0.717, 1.165) is 17.5 Å². The molecule has 0 unspecified atom stereocenters. The van der Waals surface area contributed by atoms with Crippen molar-refractivity contribution >= 4 is 5.78 Å². The number of nitrogens with one attached hydrogen (secondary N) is 1. The number of hydrogen-bond acceptors (Lipinski definition) is 3. The molecule has 2 aromatic rings. The SMILES string of the molecule is CC(=O)CCc1cccc(-c2n[nH][n+](C)n2)c1. The number of carbonyl (C=O) groups is 1. The Hall–Kier alpha value is -2.04. The summed E-state index contributed by atoms with van der Waals surface area (Å²) >= 11 is 0. The van der Waals surface area contributed by atoms with Crippen molar-refractivity contribution in [2.45, 2.75) is 19.8 Å². The molecule has 2 rings (SSSR count). The van der Waals surface area contributed by atoms with Crippen molar-refractivity contribution in [1.82, 2.24) is 15.4 Å². The van der Waals surface area contributed by atoms with Gasteiger partial charge in [0, 0.05) is 6.42 Å². The van der Waals surface area contributed by atoms with Crippen molar-refractivity contribution in [3.05, 3.63) is 29.8 Å². The van der Waals surface area contributed by atoms with Gasteiger partial charge in [-0.25, -0.2) is 0 Å². The van der Waals surface area contributed by atoms with Gasteiger partial charge in [0.25, 0.3) is 0 Å². The number of H-pyrrole nitrogens is 1.